The topological polar surface area (TPSA) is 82.3 Å². The average molecular weight is 364 g/mol. The molecule has 2 aromatic rings. The maximum atomic E-state index is 11.2. The number of carbonyl (C=O) groups is 1. The Balaban J connectivity index is 1.65. The average Bonchev–Trinajstić information content (AvgIpc) is 3.35. The second-order valence-corrected chi connectivity index (χ2v) is 8.07. The Morgan fingerprint density at radius 2 is 1.85 bits per heavy atom. The van der Waals surface area contributed by atoms with Gasteiger partial charge in [-0.2, -0.15) is 5.26 Å². The van der Waals surface area contributed by atoms with Gasteiger partial charge in [0.1, 0.15) is 12.4 Å². The van der Waals surface area contributed by atoms with E-state index >= 15 is 0 Å². The van der Waals surface area contributed by atoms with Crippen molar-refractivity contribution < 1.29 is 14.6 Å². The van der Waals surface area contributed by atoms with Gasteiger partial charge in [0.15, 0.2) is 0 Å². The molecule has 1 amide bonds. The molecule has 0 radical (unpaired) electrons. The minimum Gasteiger partial charge on any atom is -0.489 e. The van der Waals surface area contributed by atoms with E-state index in [1.54, 1.807) is 12.1 Å². The van der Waals surface area contributed by atoms with Crippen molar-refractivity contribution in [1.82, 2.24) is 5.32 Å². The van der Waals surface area contributed by atoms with Crippen molar-refractivity contribution in [2.75, 3.05) is 0 Å². The van der Waals surface area contributed by atoms with Crippen molar-refractivity contribution in [3.63, 3.8) is 0 Å². The first-order chi connectivity index (χ1) is 12.7. The standard InChI is InChI=1S/C22H24N2O3/c1-21(2,3)22(24-20(25)26)12-19(22)17-8-10-18(11-9-17)27-14-16-6-4-15(13-23)5-7-16/h4-11,19,24H,12,14H2,1-3H3,(H,25,26). The molecule has 1 saturated carbocycles. The summed E-state index contributed by atoms with van der Waals surface area (Å²) in [4.78, 5) is 11.2. The lowest BCUT2D eigenvalue weighted by Crippen LogP contribution is -2.47. The van der Waals surface area contributed by atoms with Crippen LogP contribution in [0.2, 0.25) is 0 Å². The smallest absolute Gasteiger partial charge is 0.405 e. The summed E-state index contributed by atoms with van der Waals surface area (Å²) in [7, 11) is 0. The summed E-state index contributed by atoms with van der Waals surface area (Å²) < 4.78 is 5.81. The number of carboxylic acid groups (broad SMARTS) is 1. The van der Waals surface area contributed by atoms with Crippen molar-refractivity contribution in [3.05, 3.63) is 65.2 Å². The van der Waals surface area contributed by atoms with Gasteiger partial charge in [-0.3, -0.25) is 0 Å². The third-order valence-electron chi connectivity index (χ3n) is 5.40. The molecule has 0 aliphatic heterocycles. The summed E-state index contributed by atoms with van der Waals surface area (Å²) in [5, 5.41) is 20.8. The van der Waals surface area contributed by atoms with Crippen LogP contribution >= 0.6 is 0 Å². The Bertz CT molecular complexity index is 860. The quantitative estimate of drug-likeness (QED) is 0.807. The van der Waals surface area contributed by atoms with Crippen LogP contribution in [0.1, 0.15) is 49.8 Å². The normalized spacial score (nSPS) is 21.2. The van der Waals surface area contributed by atoms with Crippen LogP contribution in [0.15, 0.2) is 48.5 Å². The van der Waals surface area contributed by atoms with Crippen LogP contribution in [0.25, 0.3) is 0 Å². The van der Waals surface area contributed by atoms with Crippen molar-refractivity contribution in [2.45, 2.75) is 45.3 Å². The van der Waals surface area contributed by atoms with Gasteiger partial charge in [0.2, 0.25) is 0 Å². The fourth-order valence-electron chi connectivity index (χ4n) is 3.65. The molecule has 140 valence electrons. The summed E-state index contributed by atoms with van der Waals surface area (Å²) in [5.41, 5.74) is 2.15. The van der Waals surface area contributed by atoms with Gasteiger partial charge in [-0.05, 0) is 47.2 Å². The zero-order chi connectivity index (χ0) is 19.7. The second kappa shape index (κ2) is 6.96. The highest BCUT2D eigenvalue weighted by Gasteiger charge is 2.62. The van der Waals surface area contributed by atoms with E-state index in [0.717, 1.165) is 23.3 Å². The highest BCUT2D eigenvalue weighted by atomic mass is 16.5. The van der Waals surface area contributed by atoms with Gasteiger partial charge < -0.3 is 15.2 Å². The number of benzene rings is 2. The number of hydrogen-bond donors (Lipinski definition) is 2. The predicted molar refractivity (Wildman–Crippen MR) is 103 cm³/mol. The Morgan fingerprint density at radius 1 is 1.22 bits per heavy atom. The molecule has 0 saturated heterocycles. The molecule has 1 aliphatic carbocycles. The summed E-state index contributed by atoms with van der Waals surface area (Å²) in [6.45, 7) is 6.63. The Kier molecular flexibility index (Phi) is 4.84. The van der Waals surface area contributed by atoms with Crippen LogP contribution < -0.4 is 10.1 Å². The van der Waals surface area contributed by atoms with E-state index in [2.05, 4.69) is 32.2 Å². The summed E-state index contributed by atoms with van der Waals surface area (Å²) in [5.74, 6) is 0.928. The van der Waals surface area contributed by atoms with Crippen molar-refractivity contribution in [2.24, 2.45) is 5.41 Å². The van der Waals surface area contributed by atoms with Crippen molar-refractivity contribution >= 4 is 6.09 Å². The number of nitrogens with one attached hydrogen (secondary N) is 1. The molecule has 0 aromatic heterocycles. The molecule has 2 atom stereocenters. The van der Waals surface area contributed by atoms with Gasteiger partial charge in [-0.1, -0.05) is 45.0 Å². The van der Waals surface area contributed by atoms with Gasteiger partial charge in [0.05, 0.1) is 17.2 Å². The third-order valence-corrected chi connectivity index (χ3v) is 5.40. The molecule has 0 spiro atoms. The van der Waals surface area contributed by atoms with Gasteiger partial charge in [0.25, 0.3) is 0 Å². The number of rotatable bonds is 5. The molecule has 0 bridgehead atoms. The molecule has 5 nitrogen and oxygen atoms in total. The van der Waals surface area contributed by atoms with Crippen molar-refractivity contribution in [1.29, 1.82) is 5.26 Å². The van der Waals surface area contributed by atoms with Gasteiger partial charge in [-0.25, -0.2) is 4.79 Å². The zero-order valence-corrected chi connectivity index (χ0v) is 15.8. The number of hydrogen-bond acceptors (Lipinski definition) is 3. The fourth-order valence-corrected chi connectivity index (χ4v) is 3.65. The molecule has 2 N–H and O–H groups in total. The molecule has 2 aromatic carbocycles. The Morgan fingerprint density at radius 3 is 2.37 bits per heavy atom. The number of nitriles is 1. The molecule has 1 fully saturated rings. The molecular weight excluding hydrogens is 340 g/mol. The van der Waals surface area contributed by atoms with E-state index in [-0.39, 0.29) is 11.3 Å². The van der Waals surface area contributed by atoms with E-state index in [9.17, 15) is 9.90 Å². The lowest BCUT2D eigenvalue weighted by molar-refractivity contribution is 0.167. The zero-order valence-electron chi connectivity index (χ0n) is 15.8. The predicted octanol–water partition coefficient (Wildman–Crippen LogP) is 4.68. The van der Waals surface area contributed by atoms with Gasteiger partial charge in [0, 0.05) is 5.92 Å². The van der Waals surface area contributed by atoms with Crippen LogP contribution in [0.5, 0.6) is 5.75 Å². The monoisotopic (exact) mass is 364 g/mol. The number of ether oxygens (including phenoxy) is 1. The molecule has 0 heterocycles. The fraction of sp³-hybridized carbons (Fsp3) is 0.364. The summed E-state index contributed by atoms with van der Waals surface area (Å²) >= 11 is 0. The second-order valence-electron chi connectivity index (χ2n) is 8.07. The van der Waals surface area contributed by atoms with E-state index < -0.39 is 11.6 Å². The van der Waals surface area contributed by atoms with Crippen LogP contribution in [0.3, 0.4) is 0 Å². The van der Waals surface area contributed by atoms with Crippen LogP contribution in [-0.4, -0.2) is 16.7 Å². The summed E-state index contributed by atoms with van der Waals surface area (Å²) in [6.07, 6.45) is -0.177. The largest absolute Gasteiger partial charge is 0.489 e. The lowest BCUT2D eigenvalue weighted by Gasteiger charge is -2.32. The molecule has 1 aliphatic rings. The SMILES string of the molecule is CC(C)(C)C1(NC(=O)O)CC1c1ccc(OCc2ccc(C#N)cc2)cc1. The first-order valence-electron chi connectivity index (χ1n) is 8.98. The highest BCUT2D eigenvalue weighted by molar-refractivity contribution is 5.67. The minimum atomic E-state index is -0.977. The van der Waals surface area contributed by atoms with Crippen LogP contribution in [-0.2, 0) is 6.61 Å². The third kappa shape index (κ3) is 3.90. The van der Waals surface area contributed by atoms with Crippen LogP contribution in [0, 0.1) is 16.7 Å². The van der Waals surface area contributed by atoms with E-state index in [4.69, 9.17) is 10.00 Å². The highest BCUT2D eigenvalue weighted by Crippen LogP contribution is 2.60. The molecular formula is C22H24N2O3. The van der Waals surface area contributed by atoms with Crippen molar-refractivity contribution in [3.8, 4) is 11.8 Å². The van der Waals surface area contributed by atoms with Gasteiger partial charge >= 0.3 is 6.09 Å². The van der Waals surface area contributed by atoms with Gasteiger partial charge in [-0.15, -0.1) is 0 Å². The number of amides is 1. The Labute approximate surface area is 159 Å². The first-order valence-corrected chi connectivity index (χ1v) is 8.98. The summed E-state index contributed by atoms with van der Waals surface area (Å²) in [6, 6.07) is 17.3. The lowest BCUT2D eigenvalue weighted by atomic mass is 9.81. The van der Waals surface area contributed by atoms with E-state index in [0.29, 0.717) is 12.2 Å². The minimum absolute atomic E-state index is 0.166. The van der Waals surface area contributed by atoms with E-state index in [1.807, 2.05) is 36.4 Å². The molecule has 2 unspecified atom stereocenters. The van der Waals surface area contributed by atoms with Crippen LogP contribution in [0.4, 0.5) is 4.79 Å². The number of nitrogens with zero attached hydrogens (tertiary/aromatic N) is 1. The maximum absolute atomic E-state index is 11.2. The first kappa shape index (κ1) is 18.8. The Hall–Kier alpha value is -3.00. The maximum Gasteiger partial charge on any atom is 0.405 e. The van der Waals surface area contributed by atoms with E-state index in [1.165, 1.54) is 0 Å². The molecule has 27 heavy (non-hydrogen) atoms. The molecule has 5 heteroatoms. The molecule has 3 rings (SSSR count).